The van der Waals surface area contributed by atoms with Crippen LogP contribution < -0.4 is 4.74 Å². The van der Waals surface area contributed by atoms with Crippen LogP contribution in [0.2, 0.25) is 10.0 Å². The monoisotopic (exact) mass is 684 g/mol. The van der Waals surface area contributed by atoms with Crippen LogP contribution in [0.25, 0.3) is 22.3 Å². The van der Waals surface area contributed by atoms with Gasteiger partial charge in [-0.2, -0.15) is 0 Å². The number of esters is 1. The number of rotatable bonds is 11. The number of carbonyl (C=O) groups is 1. The highest BCUT2D eigenvalue weighted by Crippen LogP contribution is 2.43. The number of aryl methyl sites for hydroxylation is 1. The van der Waals surface area contributed by atoms with E-state index in [1.54, 1.807) is 6.07 Å². The van der Waals surface area contributed by atoms with E-state index < -0.39 is 0 Å². The molecule has 0 radical (unpaired) electrons. The molecule has 0 bridgehead atoms. The zero-order valence-corrected chi connectivity index (χ0v) is 29.1. The minimum Gasteiger partial charge on any atom is -0.490 e. The zero-order valence-electron chi connectivity index (χ0n) is 27.6. The van der Waals surface area contributed by atoms with E-state index in [0.717, 1.165) is 78.9 Å². The van der Waals surface area contributed by atoms with E-state index in [4.69, 9.17) is 32.7 Å². The lowest BCUT2D eigenvalue weighted by Gasteiger charge is -2.29. The summed E-state index contributed by atoms with van der Waals surface area (Å²) in [6.07, 6.45) is 11.5. The number of alkyl halides is 1. The topological polar surface area (TPSA) is 35.5 Å². The Morgan fingerprint density at radius 3 is 2.29 bits per heavy atom. The van der Waals surface area contributed by atoms with Crippen LogP contribution in [0.3, 0.4) is 0 Å². The van der Waals surface area contributed by atoms with Crippen LogP contribution in [0.15, 0.2) is 84.9 Å². The van der Waals surface area contributed by atoms with Crippen LogP contribution in [-0.4, -0.2) is 25.9 Å². The minimum absolute atomic E-state index is 0.199. The summed E-state index contributed by atoms with van der Waals surface area (Å²) < 4.78 is 23.9. The first-order valence-electron chi connectivity index (χ1n) is 17.3. The maximum atomic E-state index is 12.4. The molecule has 0 heterocycles. The molecule has 2 aliphatic carbocycles. The van der Waals surface area contributed by atoms with E-state index in [2.05, 4.69) is 42.5 Å². The third kappa shape index (κ3) is 8.15. The molecule has 250 valence electrons. The Kier molecular flexibility index (Phi) is 11.6. The van der Waals surface area contributed by atoms with Gasteiger partial charge in [-0.15, -0.1) is 0 Å². The Balaban J connectivity index is 1.29. The molecule has 4 aromatic rings. The molecular formula is C42H43Cl2FO3. The summed E-state index contributed by atoms with van der Waals surface area (Å²) in [5, 5.41) is 1.26. The number of allylic oxidation sites excluding steroid dienone is 1. The lowest BCUT2D eigenvalue weighted by atomic mass is 9.84. The van der Waals surface area contributed by atoms with Crippen LogP contribution in [0.1, 0.15) is 96.8 Å². The molecule has 6 heteroatoms. The molecule has 48 heavy (non-hydrogen) atoms. The maximum Gasteiger partial charge on any atom is 0.337 e. The van der Waals surface area contributed by atoms with Gasteiger partial charge >= 0.3 is 5.97 Å². The highest BCUT2D eigenvalue weighted by molar-refractivity contribution is 6.36. The average molecular weight is 686 g/mol. The van der Waals surface area contributed by atoms with E-state index in [1.807, 2.05) is 36.4 Å². The van der Waals surface area contributed by atoms with Crippen LogP contribution in [0.4, 0.5) is 4.39 Å². The van der Waals surface area contributed by atoms with Gasteiger partial charge < -0.3 is 9.47 Å². The van der Waals surface area contributed by atoms with Crippen molar-refractivity contribution in [2.75, 3.05) is 13.8 Å². The van der Waals surface area contributed by atoms with Crippen LogP contribution in [0, 0.1) is 5.92 Å². The van der Waals surface area contributed by atoms with E-state index >= 15 is 0 Å². The summed E-state index contributed by atoms with van der Waals surface area (Å²) in [7, 11) is 1.40. The predicted molar refractivity (Wildman–Crippen MR) is 196 cm³/mol. The largest absolute Gasteiger partial charge is 0.490 e. The van der Waals surface area contributed by atoms with Crippen molar-refractivity contribution >= 4 is 40.3 Å². The Labute approximate surface area is 294 Å². The Hall–Kier alpha value is -3.60. The molecule has 2 aliphatic rings. The molecule has 6 rings (SSSR count). The van der Waals surface area contributed by atoms with Gasteiger partial charge in [0.05, 0.1) is 25.5 Å². The van der Waals surface area contributed by atoms with Crippen molar-refractivity contribution in [3.63, 3.8) is 0 Å². The average Bonchev–Trinajstić information content (AvgIpc) is 3.30. The third-order valence-electron chi connectivity index (χ3n) is 9.91. The van der Waals surface area contributed by atoms with Gasteiger partial charge in [-0.05, 0) is 138 Å². The van der Waals surface area contributed by atoms with Gasteiger partial charge in [0, 0.05) is 10.0 Å². The molecule has 4 aromatic carbocycles. The minimum atomic E-state index is -0.344. The highest BCUT2D eigenvalue weighted by atomic mass is 35.5. The van der Waals surface area contributed by atoms with Crippen molar-refractivity contribution in [1.82, 2.24) is 0 Å². The Morgan fingerprint density at radius 1 is 0.792 bits per heavy atom. The smallest absolute Gasteiger partial charge is 0.337 e. The molecule has 0 N–H and O–H groups in total. The van der Waals surface area contributed by atoms with Crippen LogP contribution >= 0.6 is 23.2 Å². The number of benzene rings is 4. The summed E-state index contributed by atoms with van der Waals surface area (Å²) in [4.78, 5) is 12.2. The first-order chi connectivity index (χ1) is 23.4. The standard InChI is InChI=1S/C42H43Cl2FO3/c1-47-42(46)33-10-5-8-30(26-33)31-16-22-37-32(25-31)9-6-11-39(38-23-17-34(43)27-40(38)44)41(37)29-14-20-36(21-15-29)48-35-18-12-28(13-19-35)7-3-2-4-24-45/h5,8,10,14-17,20-23,25-28,35H,2-4,6-7,9,11-13,18-19,24H2,1H3. The van der Waals surface area contributed by atoms with Crippen molar-refractivity contribution in [2.24, 2.45) is 5.92 Å². The van der Waals surface area contributed by atoms with Gasteiger partial charge in [0.1, 0.15) is 5.75 Å². The molecule has 0 amide bonds. The van der Waals surface area contributed by atoms with E-state index in [1.165, 1.54) is 48.6 Å². The van der Waals surface area contributed by atoms with E-state index in [0.29, 0.717) is 22.0 Å². The molecule has 0 atom stereocenters. The van der Waals surface area contributed by atoms with Gasteiger partial charge in [-0.1, -0.05) is 91.0 Å². The van der Waals surface area contributed by atoms with Crippen molar-refractivity contribution in [2.45, 2.75) is 76.7 Å². The van der Waals surface area contributed by atoms with Crippen molar-refractivity contribution in [1.29, 1.82) is 0 Å². The van der Waals surface area contributed by atoms with E-state index in [-0.39, 0.29) is 18.7 Å². The second-order valence-electron chi connectivity index (χ2n) is 13.1. The van der Waals surface area contributed by atoms with Gasteiger partial charge in [0.2, 0.25) is 0 Å². The molecular weight excluding hydrogens is 642 g/mol. The summed E-state index contributed by atoms with van der Waals surface area (Å²) >= 11 is 13.2. The number of hydrogen-bond acceptors (Lipinski definition) is 3. The molecule has 0 aliphatic heterocycles. The number of ether oxygens (including phenoxy) is 2. The molecule has 1 saturated carbocycles. The second-order valence-corrected chi connectivity index (χ2v) is 13.9. The van der Waals surface area contributed by atoms with Crippen molar-refractivity contribution in [3.8, 4) is 16.9 Å². The number of unbranched alkanes of at least 4 members (excludes halogenated alkanes) is 2. The predicted octanol–water partition coefficient (Wildman–Crippen LogP) is 12.2. The normalized spacial score (nSPS) is 17.8. The first-order valence-corrected chi connectivity index (χ1v) is 18.0. The van der Waals surface area contributed by atoms with Crippen molar-refractivity contribution < 1.29 is 18.7 Å². The van der Waals surface area contributed by atoms with Crippen molar-refractivity contribution in [3.05, 3.63) is 123 Å². The lowest BCUT2D eigenvalue weighted by Crippen LogP contribution is -2.24. The van der Waals surface area contributed by atoms with Gasteiger partial charge in [0.15, 0.2) is 0 Å². The lowest BCUT2D eigenvalue weighted by molar-refractivity contribution is 0.0600. The number of fused-ring (bicyclic) bond motifs is 1. The summed E-state index contributed by atoms with van der Waals surface area (Å²) in [6.45, 7) is -0.199. The second kappa shape index (κ2) is 16.2. The highest BCUT2D eigenvalue weighted by Gasteiger charge is 2.24. The molecule has 3 nitrogen and oxygen atoms in total. The SMILES string of the molecule is COC(=O)c1cccc(-c2ccc3c(c2)CCCC(c2ccc(Cl)cc2Cl)=C3c2ccc(OC3CCC(CCCCCF)CC3)cc2)c1. The zero-order chi connectivity index (χ0) is 33.5. The molecule has 0 aromatic heterocycles. The summed E-state index contributed by atoms with van der Waals surface area (Å²) in [6, 6.07) is 28.5. The summed E-state index contributed by atoms with van der Waals surface area (Å²) in [5.41, 5.74) is 9.49. The molecule has 0 saturated heterocycles. The Morgan fingerprint density at radius 2 is 1.54 bits per heavy atom. The third-order valence-corrected chi connectivity index (χ3v) is 10.5. The quantitative estimate of drug-likeness (QED) is 0.116. The van der Waals surface area contributed by atoms with E-state index in [9.17, 15) is 9.18 Å². The maximum absolute atomic E-state index is 12.4. The Bertz CT molecular complexity index is 1760. The number of hydrogen-bond donors (Lipinski definition) is 0. The number of carbonyl (C=O) groups excluding carboxylic acids is 1. The van der Waals surface area contributed by atoms with Gasteiger partial charge in [-0.3, -0.25) is 4.39 Å². The summed E-state index contributed by atoms with van der Waals surface area (Å²) in [5.74, 6) is 1.29. The van der Waals surface area contributed by atoms with Crippen LogP contribution in [-0.2, 0) is 11.2 Å². The van der Waals surface area contributed by atoms with Gasteiger partial charge in [0.25, 0.3) is 0 Å². The van der Waals surface area contributed by atoms with Gasteiger partial charge in [-0.25, -0.2) is 4.79 Å². The molecule has 1 fully saturated rings. The number of halogens is 3. The fourth-order valence-electron chi connectivity index (χ4n) is 7.38. The molecule has 0 spiro atoms. The fourth-order valence-corrected chi connectivity index (χ4v) is 7.90. The van der Waals surface area contributed by atoms with Crippen LogP contribution in [0.5, 0.6) is 5.75 Å². The number of methoxy groups -OCH3 is 1. The fraction of sp³-hybridized carbons (Fsp3) is 0.357. The first kappa shape index (κ1) is 34.3. The molecule has 0 unspecified atom stereocenters.